The molecule has 0 amide bonds. The molecule has 9 aromatic rings. The summed E-state index contributed by atoms with van der Waals surface area (Å²) in [6.45, 7) is 2.14. The van der Waals surface area contributed by atoms with Crippen molar-refractivity contribution in [2.45, 2.75) is 12.3 Å². The summed E-state index contributed by atoms with van der Waals surface area (Å²) in [4.78, 5) is 5.49. The van der Waals surface area contributed by atoms with Gasteiger partial charge in [-0.15, -0.1) is 0 Å². The van der Waals surface area contributed by atoms with Crippen LogP contribution in [0, 0.1) is 6.92 Å². The standard InChI is InChI=1S/C47H32N2/c1-31-24-27-35(28-25-31)49-42-23-13-10-18-36(42)39-30-34(26-29-43(39)49)47(33-16-6-3-7-17-33)40-21-11-8-19-37(40)46-45(47)44(32-14-4-2-5-15-32)38-20-9-12-22-41(38)48-46/h2-30H,1H3. The van der Waals surface area contributed by atoms with Crippen molar-refractivity contribution in [2.75, 3.05) is 0 Å². The molecule has 0 spiro atoms. The summed E-state index contributed by atoms with van der Waals surface area (Å²) >= 11 is 0. The highest BCUT2D eigenvalue weighted by Gasteiger charge is 2.49. The second-order valence-corrected chi connectivity index (χ2v) is 13.2. The number of nitrogens with zero attached hydrogens (tertiary/aromatic N) is 2. The fourth-order valence-electron chi connectivity index (χ4n) is 8.46. The lowest BCUT2D eigenvalue weighted by atomic mass is 9.66. The van der Waals surface area contributed by atoms with Crippen molar-refractivity contribution in [1.82, 2.24) is 9.55 Å². The smallest absolute Gasteiger partial charge is 0.0767 e. The van der Waals surface area contributed by atoms with Gasteiger partial charge in [0, 0.05) is 33.0 Å². The van der Waals surface area contributed by atoms with E-state index in [0.29, 0.717) is 0 Å². The van der Waals surface area contributed by atoms with Crippen LogP contribution in [0.15, 0.2) is 176 Å². The van der Waals surface area contributed by atoms with Gasteiger partial charge in [0.15, 0.2) is 0 Å². The second kappa shape index (κ2) is 10.6. The number of hydrogen-bond acceptors (Lipinski definition) is 1. The molecule has 0 saturated heterocycles. The van der Waals surface area contributed by atoms with E-state index in [2.05, 4.69) is 187 Å². The van der Waals surface area contributed by atoms with Crippen LogP contribution in [0.25, 0.3) is 60.8 Å². The Morgan fingerprint density at radius 1 is 0.510 bits per heavy atom. The number of aryl methyl sites for hydroxylation is 1. The van der Waals surface area contributed by atoms with E-state index in [0.717, 1.165) is 16.6 Å². The predicted octanol–water partition coefficient (Wildman–Crippen LogP) is 11.7. The zero-order chi connectivity index (χ0) is 32.5. The van der Waals surface area contributed by atoms with Gasteiger partial charge in [0.25, 0.3) is 0 Å². The normalized spacial score (nSPS) is 15.1. The van der Waals surface area contributed by atoms with Gasteiger partial charge in [-0.3, -0.25) is 0 Å². The van der Waals surface area contributed by atoms with E-state index in [1.165, 1.54) is 72.0 Å². The van der Waals surface area contributed by atoms with Gasteiger partial charge >= 0.3 is 0 Å². The van der Waals surface area contributed by atoms with E-state index in [4.69, 9.17) is 4.98 Å². The fraction of sp³-hybridized carbons (Fsp3) is 0.0426. The number of fused-ring (bicyclic) bond motifs is 7. The molecule has 0 aliphatic heterocycles. The van der Waals surface area contributed by atoms with Crippen molar-refractivity contribution in [1.29, 1.82) is 0 Å². The lowest BCUT2D eigenvalue weighted by Crippen LogP contribution is -2.29. The van der Waals surface area contributed by atoms with Crippen LogP contribution >= 0.6 is 0 Å². The minimum atomic E-state index is -0.614. The largest absolute Gasteiger partial charge is 0.309 e. The summed E-state index contributed by atoms with van der Waals surface area (Å²) in [6.07, 6.45) is 0. The van der Waals surface area contributed by atoms with Crippen LogP contribution in [0.4, 0.5) is 0 Å². The van der Waals surface area contributed by atoms with Crippen molar-refractivity contribution in [3.63, 3.8) is 0 Å². The molecule has 49 heavy (non-hydrogen) atoms. The van der Waals surface area contributed by atoms with Gasteiger partial charge in [-0.25, -0.2) is 4.98 Å². The summed E-state index contributed by atoms with van der Waals surface area (Å²) in [5.41, 5.74) is 14.9. The van der Waals surface area contributed by atoms with E-state index in [9.17, 15) is 0 Å². The van der Waals surface area contributed by atoms with E-state index in [1.54, 1.807) is 0 Å². The molecule has 2 heterocycles. The van der Waals surface area contributed by atoms with Crippen LogP contribution in [0.5, 0.6) is 0 Å². The maximum atomic E-state index is 5.49. The Morgan fingerprint density at radius 3 is 1.98 bits per heavy atom. The van der Waals surface area contributed by atoms with E-state index < -0.39 is 5.41 Å². The minimum absolute atomic E-state index is 0.614. The zero-order valence-electron chi connectivity index (χ0n) is 27.1. The van der Waals surface area contributed by atoms with Crippen molar-refractivity contribution in [2.24, 2.45) is 0 Å². The van der Waals surface area contributed by atoms with Gasteiger partial charge in [-0.05, 0) is 71.1 Å². The third-order valence-corrected chi connectivity index (χ3v) is 10.5. The maximum absolute atomic E-state index is 5.49. The third-order valence-electron chi connectivity index (χ3n) is 10.5. The first-order valence-corrected chi connectivity index (χ1v) is 17.0. The molecule has 0 bridgehead atoms. The lowest BCUT2D eigenvalue weighted by molar-refractivity contribution is 0.771. The number of aromatic nitrogens is 2. The SMILES string of the molecule is Cc1ccc(-n2c3ccccc3c3cc(C4(c5ccccc5)c5ccccc5-c5nc6ccccc6c(-c6ccccc6)c54)ccc32)cc1. The highest BCUT2D eigenvalue weighted by Crippen LogP contribution is 2.59. The molecule has 0 N–H and O–H groups in total. The highest BCUT2D eigenvalue weighted by atomic mass is 15.0. The Hall–Kier alpha value is -6.25. The number of pyridine rings is 1. The minimum Gasteiger partial charge on any atom is -0.309 e. The summed E-state index contributed by atoms with van der Waals surface area (Å²) in [5, 5.41) is 3.65. The summed E-state index contributed by atoms with van der Waals surface area (Å²) in [7, 11) is 0. The number of rotatable bonds is 4. The average molecular weight is 625 g/mol. The molecule has 0 fully saturated rings. The highest BCUT2D eigenvalue weighted by molar-refractivity contribution is 6.10. The van der Waals surface area contributed by atoms with Crippen molar-refractivity contribution >= 4 is 32.7 Å². The average Bonchev–Trinajstić information content (AvgIpc) is 3.65. The summed E-state index contributed by atoms with van der Waals surface area (Å²) < 4.78 is 2.41. The molecule has 7 aromatic carbocycles. The summed E-state index contributed by atoms with van der Waals surface area (Å²) in [6, 6.07) is 64.4. The van der Waals surface area contributed by atoms with Crippen LogP contribution < -0.4 is 0 Å². The van der Waals surface area contributed by atoms with Gasteiger partial charge in [0.2, 0.25) is 0 Å². The van der Waals surface area contributed by atoms with Gasteiger partial charge in [0.05, 0.1) is 27.7 Å². The molecular formula is C47H32N2. The second-order valence-electron chi connectivity index (χ2n) is 13.2. The molecule has 230 valence electrons. The molecule has 2 aromatic heterocycles. The molecule has 2 nitrogen and oxygen atoms in total. The van der Waals surface area contributed by atoms with Crippen LogP contribution in [0.3, 0.4) is 0 Å². The van der Waals surface area contributed by atoms with Crippen LogP contribution in [0.1, 0.15) is 27.8 Å². The number of benzene rings is 7. The monoisotopic (exact) mass is 624 g/mol. The van der Waals surface area contributed by atoms with Crippen molar-refractivity contribution < 1.29 is 0 Å². The Labute approximate surface area is 285 Å². The molecule has 10 rings (SSSR count). The quantitative estimate of drug-likeness (QED) is 0.190. The first-order chi connectivity index (χ1) is 24.2. The number of hydrogen-bond donors (Lipinski definition) is 0. The molecule has 0 saturated carbocycles. The van der Waals surface area contributed by atoms with Crippen molar-refractivity contribution in [3.8, 4) is 28.1 Å². The first-order valence-electron chi connectivity index (χ1n) is 17.0. The fourth-order valence-corrected chi connectivity index (χ4v) is 8.46. The van der Waals surface area contributed by atoms with E-state index in [1.807, 2.05) is 0 Å². The lowest BCUT2D eigenvalue weighted by Gasteiger charge is -2.35. The van der Waals surface area contributed by atoms with Gasteiger partial charge in [0.1, 0.15) is 0 Å². The molecule has 1 atom stereocenters. The number of para-hydroxylation sites is 2. The van der Waals surface area contributed by atoms with Crippen molar-refractivity contribution in [3.05, 3.63) is 204 Å². The summed E-state index contributed by atoms with van der Waals surface area (Å²) in [5.74, 6) is 0. The molecular weight excluding hydrogens is 593 g/mol. The van der Waals surface area contributed by atoms with E-state index >= 15 is 0 Å². The predicted molar refractivity (Wildman–Crippen MR) is 204 cm³/mol. The molecule has 0 radical (unpaired) electrons. The maximum Gasteiger partial charge on any atom is 0.0767 e. The Bertz CT molecular complexity index is 2700. The topological polar surface area (TPSA) is 17.8 Å². The van der Waals surface area contributed by atoms with Crippen LogP contribution in [-0.4, -0.2) is 9.55 Å². The zero-order valence-corrected chi connectivity index (χ0v) is 27.1. The molecule has 1 unspecified atom stereocenters. The Balaban J connectivity index is 1.39. The Morgan fingerprint density at radius 2 is 1.16 bits per heavy atom. The Kier molecular flexibility index (Phi) is 6.04. The molecule has 1 aliphatic carbocycles. The molecule has 2 heteroatoms. The van der Waals surface area contributed by atoms with Gasteiger partial charge in [-0.1, -0.05) is 145 Å². The molecule has 1 aliphatic rings. The van der Waals surface area contributed by atoms with Gasteiger partial charge < -0.3 is 4.57 Å². The first kappa shape index (κ1) is 27.8. The van der Waals surface area contributed by atoms with Crippen LogP contribution in [0.2, 0.25) is 0 Å². The van der Waals surface area contributed by atoms with Gasteiger partial charge in [-0.2, -0.15) is 0 Å². The third kappa shape index (κ3) is 3.92. The van der Waals surface area contributed by atoms with Crippen LogP contribution in [-0.2, 0) is 5.41 Å². The van der Waals surface area contributed by atoms with E-state index in [-0.39, 0.29) is 0 Å².